The monoisotopic (exact) mass is 260 g/mol. The van der Waals surface area contributed by atoms with Crippen LogP contribution in [-0.4, -0.2) is 48.5 Å². The Morgan fingerprint density at radius 1 is 1.32 bits per heavy atom. The molecule has 0 aromatic carbocycles. The minimum atomic E-state index is 0.193. The van der Waals surface area contributed by atoms with Gasteiger partial charge in [-0.2, -0.15) is 5.26 Å². The second-order valence-electron chi connectivity index (χ2n) is 4.76. The van der Waals surface area contributed by atoms with Crippen LogP contribution in [0.4, 0.5) is 5.82 Å². The van der Waals surface area contributed by atoms with E-state index in [1.54, 1.807) is 6.20 Å². The lowest BCUT2D eigenvalue weighted by molar-refractivity contribution is 0.0196. The SMILES string of the molecule is N#Cc1cnc(N2CCOCC2C2CCCO2)cn1. The maximum Gasteiger partial charge on any atom is 0.158 e. The van der Waals surface area contributed by atoms with E-state index < -0.39 is 0 Å². The van der Waals surface area contributed by atoms with E-state index in [1.807, 2.05) is 6.07 Å². The van der Waals surface area contributed by atoms with Crippen molar-refractivity contribution in [3.63, 3.8) is 0 Å². The summed E-state index contributed by atoms with van der Waals surface area (Å²) >= 11 is 0. The Morgan fingerprint density at radius 2 is 2.26 bits per heavy atom. The molecular weight excluding hydrogens is 244 g/mol. The molecule has 2 aliphatic heterocycles. The summed E-state index contributed by atoms with van der Waals surface area (Å²) in [5, 5.41) is 8.76. The van der Waals surface area contributed by atoms with E-state index in [0.29, 0.717) is 18.9 Å². The Balaban J connectivity index is 1.80. The average molecular weight is 260 g/mol. The Morgan fingerprint density at radius 3 is 2.95 bits per heavy atom. The third kappa shape index (κ3) is 2.53. The smallest absolute Gasteiger partial charge is 0.158 e. The number of hydrogen-bond donors (Lipinski definition) is 0. The molecule has 3 heterocycles. The van der Waals surface area contributed by atoms with Gasteiger partial charge in [0.2, 0.25) is 0 Å². The van der Waals surface area contributed by atoms with Crippen molar-refractivity contribution < 1.29 is 9.47 Å². The number of aromatic nitrogens is 2. The molecular formula is C13H16N4O2. The molecule has 2 fully saturated rings. The standard InChI is InChI=1S/C13H16N4O2/c14-6-10-7-16-13(8-15-10)17-3-5-18-9-11(17)12-2-1-4-19-12/h7-8,11-12H,1-5,9H2. The van der Waals surface area contributed by atoms with Crippen molar-refractivity contribution in [3.05, 3.63) is 18.1 Å². The number of morpholine rings is 1. The van der Waals surface area contributed by atoms with E-state index in [1.165, 1.54) is 6.20 Å². The summed E-state index contributed by atoms with van der Waals surface area (Å²) in [6, 6.07) is 2.17. The van der Waals surface area contributed by atoms with Gasteiger partial charge in [0.25, 0.3) is 0 Å². The Kier molecular flexibility index (Phi) is 3.58. The van der Waals surface area contributed by atoms with Crippen molar-refractivity contribution in [1.29, 1.82) is 5.26 Å². The van der Waals surface area contributed by atoms with Gasteiger partial charge in [-0.25, -0.2) is 9.97 Å². The van der Waals surface area contributed by atoms with E-state index in [-0.39, 0.29) is 12.1 Å². The van der Waals surface area contributed by atoms with Crippen molar-refractivity contribution >= 4 is 5.82 Å². The first-order valence-corrected chi connectivity index (χ1v) is 6.56. The zero-order valence-electron chi connectivity index (χ0n) is 10.7. The highest BCUT2D eigenvalue weighted by Gasteiger charge is 2.34. The second-order valence-corrected chi connectivity index (χ2v) is 4.76. The van der Waals surface area contributed by atoms with Crippen LogP contribution in [0.1, 0.15) is 18.5 Å². The normalized spacial score (nSPS) is 27.2. The van der Waals surface area contributed by atoms with Crippen molar-refractivity contribution in [1.82, 2.24) is 9.97 Å². The summed E-state index contributed by atoms with van der Waals surface area (Å²) in [6.07, 6.45) is 5.55. The van der Waals surface area contributed by atoms with Crippen molar-refractivity contribution in [2.75, 3.05) is 31.3 Å². The van der Waals surface area contributed by atoms with E-state index in [9.17, 15) is 0 Å². The van der Waals surface area contributed by atoms with E-state index in [2.05, 4.69) is 14.9 Å². The van der Waals surface area contributed by atoms with E-state index in [4.69, 9.17) is 14.7 Å². The number of nitriles is 1. The summed E-state index contributed by atoms with van der Waals surface area (Å²) in [4.78, 5) is 10.6. The van der Waals surface area contributed by atoms with Gasteiger partial charge in [-0.05, 0) is 12.8 Å². The Bertz CT molecular complexity index is 465. The lowest BCUT2D eigenvalue weighted by atomic mass is 10.1. The molecule has 0 aliphatic carbocycles. The van der Waals surface area contributed by atoms with Gasteiger partial charge >= 0.3 is 0 Å². The van der Waals surface area contributed by atoms with Gasteiger partial charge in [-0.15, -0.1) is 0 Å². The Hall–Kier alpha value is -1.71. The molecule has 2 atom stereocenters. The second kappa shape index (κ2) is 5.51. The van der Waals surface area contributed by atoms with Crippen LogP contribution in [0.3, 0.4) is 0 Å². The molecule has 2 saturated heterocycles. The third-order valence-corrected chi connectivity index (χ3v) is 3.61. The number of ether oxygens (including phenoxy) is 2. The van der Waals surface area contributed by atoms with Gasteiger partial charge in [0, 0.05) is 13.2 Å². The van der Waals surface area contributed by atoms with E-state index in [0.717, 1.165) is 31.8 Å². The average Bonchev–Trinajstić information content (AvgIpc) is 3.01. The maximum atomic E-state index is 8.76. The number of rotatable bonds is 2. The highest BCUT2D eigenvalue weighted by molar-refractivity contribution is 5.39. The zero-order valence-corrected chi connectivity index (χ0v) is 10.7. The molecule has 0 amide bonds. The summed E-state index contributed by atoms with van der Waals surface area (Å²) in [5.41, 5.74) is 0.339. The molecule has 2 unspecified atom stereocenters. The molecule has 6 heteroatoms. The highest BCUT2D eigenvalue weighted by Crippen LogP contribution is 2.25. The largest absolute Gasteiger partial charge is 0.377 e. The first kappa shape index (κ1) is 12.3. The predicted octanol–water partition coefficient (Wildman–Crippen LogP) is 0.732. The fourth-order valence-electron chi connectivity index (χ4n) is 2.65. The first-order valence-electron chi connectivity index (χ1n) is 6.56. The van der Waals surface area contributed by atoms with Crippen molar-refractivity contribution in [2.45, 2.75) is 25.0 Å². The van der Waals surface area contributed by atoms with Gasteiger partial charge in [-0.3, -0.25) is 0 Å². The first-order chi connectivity index (χ1) is 9.38. The predicted molar refractivity (Wildman–Crippen MR) is 67.7 cm³/mol. The topological polar surface area (TPSA) is 71.3 Å². The molecule has 2 aliphatic rings. The number of nitrogens with zero attached hydrogens (tertiary/aromatic N) is 4. The van der Waals surface area contributed by atoms with Crippen LogP contribution in [0.25, 0.3) is 0 Å². The van der Waals surface area contributed by atoms with Gasteiger partial charge in [0.05, 0.1) is 37.8 Å². The van der Waals surface area contributed by atoms with Gasteiger partial charge in [0.1, 0.15) is 11.9 Å². The molecule has 100 valence electrons. The molecule has 1 aromatic heterocycles. The van der Waals surface area contributed by atoms with Crippen LogP contribution in [0, 0.1) is 11.3 Å². The fourth-order valence-corrected chi connectivity index (χ4v) is 2.65. The minimum Gasteiger partial charge on any atom is -0.377 e. The molecule has 0 radical (unpaired) electrons. The molecule has 19 heavy (non-hydrogen) atoms. The van der Waals surface area contributed by atoms with Crippen LogP contribution < -0.4 is 4.90 Å². The highest BCUT2D eigenvalue weighted by atomic mass is 16.5. The number of hydrogen-bond acceptors (Lipinski definition) is 6. The lowest BCUT2D eigenvalue weighted by Crippen LogP contribution is -2.52. The summed E-state index contributed by atoms with van der Waals surface area (Å²) < 4.78 is 11.3. The molecule has 6 nitrogen and oxygen atoms in total. The molecule has 3 rings (SSSR count). The summed E-state index contributed by atoms with van der Waals surface area (Å²) in [6.45, 7) is 2.95. The molecule has 1 aromatic rings. The van der Waals surface area contributed by atoms with Crippen LogP contribution in [0.15, 0.2) is 12.4 Å². The number of anilines is 1. The van der Waals surface area contributed by atoms with Crippen LogP contribution in [0.2, 0.25) is 0 Å². The maximum absolute atomic E-state index is 8.76. The molecule has 0 bridgehead atoms. The molecule has 0 spiro atoms. The summed E-state index contributed by atoms with van der Waals surface area (Å²) in [5.74, 6) is 0.794. The van der Waals surface area contributed by atoms with Gasteiger partial charge in [-0.1, -0.05) is 0 Å². The lowest BCUT2D eigenvalue weighted by Gasteiger charge is -2.39. The Labute approximate surface area is 112 Å². The fraction of sp³-hybridized carbons (Fsp3) is 0.615. The third-order valence-electron chi connectivity index (χ3n) is 3.61. The van der Waals surface area contributed by atoms with Crippen LogP contribution >= 0.6 is 0 Å². The van der Waals surface area contributed by atoms with Gasteiger partial charge in [0.15, 0.2) is 5.69 Å². The van der Waals surface area contributed by atoms with E-state index >= 15 is 0 Å². The van der Waals surface area contributed by atoms with Crippen molar-refractivity contribution in [2.24, 2.45) is 0 Å². The van der Waals surface area contributed by atoms with Crippen LogP contribution in [0.5, 0.6) is 0 Å². The zero-order chi connectivity index (χ0) is 13.1. The minimum absolute atomic E-state index is 0.193. The molecule has 0 saturated carbocycles. The summed E-state index contributed by atoms with van der Waals surface area (Å²) in [7, 11) is 0. The molecule has 0 N–H and O–H groups in total. The van der Waals surface area contributed by atoms with Crippen LogP contribution in [-0.2, 0) is 9.47 Å². The quantitative estimate of drug-likeness (QED) is 0.780. The van der Waals surface area contributed by atoms with Gasteiger partial charge < -0.3 is 14.4 Å². The van der Waals surface area contributed by atoms with Crippen molar-refractivity contribution in [3.8, 4) is 6.07 Å².